The number of nitrogens with two attached hydrogens (primary N) is 1. The van der Waals surface area contributed by atoms with Crippen LogP contribution in [0.3, 0.4) is 0 Å². The molecule has 0 aliphatic carbocycles. The summed E-state index contributed by atoms with van der Waals surface area (Å²) in [6.45, 7) is 6.56. The van der Waals surface area contributed by atoms with E-state index < -0.39 is 0 Å². The minimum absolute atomic E-state index is 0.363. The van der Waals surface area contributed by atoms with Crippen LogP contribution in [-0.2, 0) is 0 Å². The van der Waals surface area contributed by atoms with Crippen LogP contribution in [-0.4, -0.2) is 19.7 Å². The zero-order chi connectivity index (χ0) is 11.8. The fourth-order valence-electron chi connectivity index (χ4n) is 1.56. The molecule has 0 spiro atoms. The van der Waals surface area contributed by atoms with Gasteiger partial charge < -0.3 is 15.8 Å². The monoisotopic (exact) mass is 222 g/mol. The first-order valence-electron chi connectivity index (χ1n) is 5.94. The maximum Gasteiger partial charge on any atom is 0.119 e. The summed E-state index contributed by atoms with van der Waals surface area (Å²) in [5.41, 5.74) is 6.73. The average molecular weight is 222 g/mol. The molecule has 0 aliphatic heterocycles. The second-order valence-corrected chi connectivity index (χ2v) is 3.82. The molecule has 0 aliphatic rings. The van der Waals surface area contributed by atoms with Crippen molar-refractivity contribution in [1.29, 1.82) is 0 Å². The quantitative estimate of drug-likeness (QED) is 0.694. The van der Waals surface area contributed by atoms with Crippen LogP contribution in [0.1, 0.15) is 31.9 Å². The lowest BCUT2D eigenvalue weighted by Crippen LogP contribution is -2.21. The lowest BCUT2D eigenvalue weighted by Gasteiger charge is -2.14. The molecule has 0 aromatic heterocycles. The highest BCUT2D eigenvalue weighted by Crippen LogP contribution is 2.17. The summed E-state index contributed by atoms with van der Waals surface area (Å²) in [6, 6.07) is 8.60. The molecular weight excluding hydrogens is 200 g/mol. The number of hydrogen-bond donors (Lipinski definition) is 2. The third-order valence-corrected chi connectivity index (χ3v) is 2.52. The molecule has 0 bridgehead atoms. The van der Waals surface area contributed by atoms with E-state index >= 15 is 0 Å². The Hall–Kier alpha value is -1.06. The lowest BCUT2D eigenvalue weighted by molar-refractivity contribution is 0.340. The third kappa shape index (κ3) is 4.21. The fourth-order valence-corrected chi connectivity index (χ4v) is 1.56. The van der Waals surface area contributed by atoms with Gasteiger partial charge in [-0.1, -0.05) is 12.1 Å². The Kier molecular flexibility index (Phi) is 5.90. The van der Waals surface area contributed by atoms with Crippen LogP contribution >= 0.6 is 0 Å². The van der Waals surface area contributed by atoms with E-state index in [0.717, 1.165) is 25.3 Å². The second kappa shape index (κ2) is 7.25. The molecule has 0 fully saturated rings. The highest BCUT2D eigenvalue weighted by Gasteiger charge is 2.03. The van der Waals surface area contributed by atoms with Crippen LogP contribution in [0.25, 0.3) is 0 Å². The molecule has 1 rings (SSSR count). The normalized spacial score (nSPS) is 12.4. The van der Waals surface area contributed by atoms with Crippen molar-refractivity contribution in [1.82, 2.24) is 5.32 Å². The van der Waals surface area contributed by atoms with Crippen molar-refractivity contribution in [2.75, 3.05) is 19.7 Å². The first-order chi connectivity index (χ1) is 7.77. The number of benzene rings is 1. The van der Waals surface area contributed by atoms with Gasteiger partial charge in [-0.25, -0.2) is 0 Å². The van der Waals surface area contributed by atoms with Crippen LogP contribution in [0.2, 0.25) is 0 Å². The van der Waals surface area contributed by atoms with Gasteiger partial charge in [0, 0.05) is 6.04 Å². The van der Waals surface area contributed by atoms with E-state index in [4.69, 9.17) is 10.5 Å². The van der Waals surface area contributed by atoms with Gasteiger partial charge in [-0.15, -0.1) is 0 Å². The van der Waals surface area contributed by atoms with Gasteiger partial charge in [-0.05, 0) is 51.1 Å². The van der Waals surface area contributed by atoms with Crippen LogP contribution in [0.15, 0.2) is 24.3 Å². The summed E-state index contributed by atoms with van der Waals surface area (Å²) in [6.07, 6.45) is 1.02. The van der Waals surface area contributed by atoms with Gasteiger partial charge in [0.25, 0.3) is 0 Å². The molecule has 0 amide bonds. The van der Waals surface area contributed by atoms with Crippen LogP contribution in [0.5, 0.6) is 5.75 Å². The van der Waals surface area contributed by atoms with Crippen LogP contribution < -0.4 is 15.8 Å². The Labute approximate surface area is 98.0 Å². The topological polar surface area (TPSA) is 47.3 Å². The first-order valence-corrected chi connectivity index (χ1v) is 5.94. The van der Waals surface area contributed by atoms with E-state index in [1.165, 1.54) is 5.56 Å². The Balaban J connectivity index is 2.46. The predicted molar refractivity (Wildman–Crippen MR) is 67.7 cm³/mol. The average Bonchev–Trinajstić information content (AvgIpc) is 2.30. The molecule has 0 heterocycles. The molecular formula is C13H22N2O. The van der Waals surface area contributed by atoms with Crippen molar-refractivity contribution in [2.45, 2.75) is 26.3 Å². The Bertz CT molecular complexity index is 284. The standard InChI is InChI=1S/C13H22N2O/c1-3-16-13-7-5-12(6-8-13)11(2)15-10-4-9-14/h5-8,11,15H,3-4,9-10,14H2,1-2H3. The summed E-state index contributed by atoms with van der Waals surface area (Å²) in [7, 11) is 0. The number of nitrogens with one attached hydrogen (secondary N) is 1. The van der Waals surface area contributed by atoms with Gasteiger partial charge in [0.2, 0.25) is 0 Å². The summed E-state index contributed by atoms with van der Waals surface area (Å²) >= 11 is 0. The molecule has 0 saturated carbocycles. The number of rotatable bonds is 7. The van der Waals surface area contributed by atoms with Crippen molar-refractivity contribution in [2.24, 2.45) is 5.73 Å². The maximum absolute atomic E-state index is 5.45. The second-order valence-electron chi connectivity index (χ2n) is 3.82. The van der Waals surface area contributed by atoms with Gasteiger partial charge in [-0.3, -0.25) is 0 Å². The van der Waals surface area contributed by atoms with E-state index in [1.54, 1.807) is 0 Å². The predicted octanol–water partition coefficient (Wildman–Crippen LogP) is 2.08. The third-order valence-electron chi connectivity index (χ3n) is 2.52. The summed E-state index contributed by atoms with van der Waals surface area (Å²) in [5.74, 6) is 0.931. The van der Waals surface area contributed by atoms with Crippen molar-refractivity contribution >= 4 is 0 Å². The van der Waals surface area contributed by atoms with Crippen molar-refractivity contribution < 1.29 is 4.74 Å². The largest absolute Gasteiger partial charge is 0.494 e. The van der Waals surface area contributed by atoms with E-state index in [9.17, 15) is 0 Å². The Morgan fingerprint density at radius 1 is 1.31 bits per heavy atom. The SMILES string of the molecule is CCOc1ccc(C(C)NCCCN)cc1. The van der Waals surface area contributed by atoms with E-state index in [1.807, 2.05) is 19.1 Å². The highest BCUT2D eigenvalue weighted by atomic mass is 16.5. The van der Waals surface area contributed by atoms with Crippen LogP contribution in [0.4, 0.5) is 0 Å². The molecule has 0 radical (unpaired) electrons. The highest BCUT2D eigenvalue weighted by molar-refractivity contribution is 5.28. The summed E-state index contributed by atoms with van der Waals surface area (Å²) < 4.78 is 5.40. The van der Waals surface area contributed by atoms with Gasteiger partial charge >= 0.3 is 0 Å². The van der Waals surface area contributed by atoms with E-state index in [-0.39, 0.29) is 0 Å². The summed E-state index contributed by atoms with van der Waals surface area (Å²) in [4.78, 5) is 0. The molecule has 1 aromatic carbocycles. The van der Waals surface area contributed by atoms with Gasteiger partial charge in [0.1, 0.15) is 5.75 Å². The van der Waals surface area contributed by atoms with Crippen molar-refractivity contribution in [3.8, 4) is 5.75 Å². The molecule has 90 valence electrons. The Morgan fingerprint density at radius 2 is 2.00 bits per heavy atom. The minimum atomic E-state index is 0.363. The van der Waals surface area contributed by atoms with Gasteiger partial charge in [0.15, 0.2) is 0 Å². The van der Waals surface area contributed by atoms with Gasteiger partial charge in [-0.2, -0.15) is 0 Å². The number of ether oxygens (including phenoxy) is 1. The van der Waals surface area contributed by atoms with E-state index in [2.05, 4.69) is 24.4 Å². The molecule has 3 nitrogen and oxygen atoms in total. The molecule has 3 N–H and O–H groups in total. The molecule has 0 saturated heterocycles. The Morgan fingerprint density at radius 3 is 2.56 bits per heavy atom. The van der Waals surface area contributed by atoms with Crippen molar-refractivity contribution in [3.63, 3.8) is 0 Å². The van der Waals surface area contributed by atoms with E-state index in [0.29, 0.717) is 12.6 Å². The zero-order valence-electron chi connectivity index (χ0n) is 10.2. The summed E-state index contributed by atoms with van der Waals surface area (Å²) in [5, 5.41) is 3.43. The van der Waals surface area contributed by atoms with Gasteiger partial charge in [0.05, 0.1) is 6.61 Å². The minimum Gasteiger partial charge on any atom is -0.494 e. The van der Waals surface area contributed by atoms with Crippen LogP contribution in [0, 0.1) is 0 Å². The fraction of sp³-hybridized carbons (Fsp3) is 0.538. The lowest BCUT2D eigenvalue weighted by atomic mass is 10.1. The number of hydrogen-bond acceptors (Lipinski definition) is 3. The first kappa shape index (κ1) is 13.0. The smallest absolute Gasteiger partial charge is 0.119 e. The maximum atomic E-state index is 5.45. The zero-order valence-corrected chi connectivity index (χ0v) is 10.2. The molecule has 3 heteroatoms. The van der Waals surface area contributed by atoms with Crippen molar-refractivity contribution in [3.05, 3.63) is 29.8 Å². The molecule has 1 atom stereocenters. The molecule has 1 unspecified atom stereocenters. The molecule has 16 heavy (non-hydrogen) atoms. The molecule has 1 aromatic rings.